The zero-order chi connectivity index (χ0) is 14.2. The quantitative estimate of drug-likeness (QED) is 0.923. The van der Waals surface area contributed by atoms with Gasteiger partial charge in [0.1, 0.15) is 11.1 Å². The molecule has 108 valence electrons. The van der Waals surface area contributed by atoms with E-state index in [9.17, 15) is 4.79 Å². The summed E-state index contributed by atoms with van der Waals surface area (Å²) in [5.74, 6) is 0.101. The number of hydrogen-bond donors (Lipinski definition) is 1. The molecule has 4 rings (SSSR count). The zero-order valence-electron chi connectivity index (χ0n) is 11.6. The number of fused-ring (bicyclic) bond motifs is 1. The maximum absolute atomic E-state index is 11.4. The van der Waals surface area contributed by atoms with E-state index in [2.05, 4.69) is 16.8 Å². The van der Waals surface area contributed by atoms with Gasteiger partial charge < -0.3 is 10.1 Å². The molecule has 0 bridgehead atoms. The van der Waals surface area contributed by atoms with E-state index in [1.807, 2.05) is 12.1 Å². The minimum absolute atomic E-state index is 0.101. The van der Waals surface area contributed by atoms with E-state index in [0.29, 0.717) is 6.42 Å². The Balaban J connectivity index is 1.63. The maximum atomic E-state index is 11.4. The van der Waals surface area contributed by atoms with E-state index >= 15 is 0 Å². The molecule has 1 saturated heterocycles. The van der Waals surface area contributed by atoms with Gasteiger partial charge in [-0.3, -0.25) is 4.79 Å². The van der Waals surface area contributed by atoms with Crippen molar-refractivity contribution in [3.63, 3.8) is 0 Å². The van der Waals surface area contributed by atoms with Gasteiger partial charge in [-0.15, -0.1) is 11.3 Å². The van der Waals surface area contributed by atoms with Crippen LogP contribution in [0.15, 0.2) is 23.6 Å². The summed E-state index contributed by atoms with van der Waals surface area (Å²) in [5.41, 5.74) is 4.25. The van der Waals surface area contributed by atoms with E-state index in [-0.39, 0.29) is 12.0 Å². The van der Waals surface area contributed by atoms with E-state index < -0.39 is 0 Å². The van der Waals surface area contributed by atoms with Crippen LogP contribution in [0.5, 0.6) is 0 Å². The average Bonchev–Trinajstić information content (AvgIpc) is 3.17. The molecule has 4 nitrogen and oxygen atoms in total. The molecule has 1 atom stereocenters. The molecule has 0 saturated carbocycles. The number of nitrogens with zero attached hydrogens (tertiary/aromatic N) is 1. The first-order valence-corrected chi connectivity index (χ1v) is 8.18. The van der Waals surface area contributed by atoms with E-state index in [4.69, 9.17) is 9.72 Å². The molecule has 0 radical (unpaired) electrons. The van der Waals surface area contributed by atoms with Crippen LogP contribution in [0.1, 0.15) is 35.9 Å². The molecule has 2 aromatic rings. The summed E-state index contributed by atoms with van der Waals surface area (Å²) in [6.45, 7) is 0.845. The standard InChI is InChI=1S/C16H16N2O2S/c19-15-6-4-10-8-11(3-5-12(10)17-15)13-9-21-16(18-13)14-2-1-7-20-14/h3,5,8-9,14H,1-2,4,6-7H2,(H,17,19)/t14-/m0/s1. The van der Waals surface area contributed by atoms with Crippen molar-refractivity contribution < 1.29 is 9.53 Å². The summed E-state index contributed by atoms with van der Waals surface area (Å²) in [4.78, 5) is 16.1. The molecule has 0 spiro atoms. The third-order valence-electron chi connectivity index (χ3n) is 4.02. The van der Waals surface area contributed by atoms with Crippen LogP contribution in [0.25, 0.3) is 11.3 Å². The second-order valence-electron chi connectivity index (χ2n) is 5.49. The molecule has 2 aliphatic rings. The van der Waals surface area contributed by atoms with Gasteiger partial charge >= 0.3 is 0 Å². The first-order chi connectivity index (χ1) is 10.3. The first-order valence-electron chi connectivity index (χ1n) is 7.30. The summed E-state index contributed by atoms with van der Waals surface area (Å²) in [5, 5.41) is 6.09. The van der Waals surface area contributed by atoms with Crippen LogP contribution < -0.4 is 5.32 Å². The molecule has 1 fully saturated rings. The second-order valence-corrected chi connectivity index (χ2v) is 6.38. The van der Waals surface area contributed by atoms with Gasteiger partial charge in [-0.2, -0.15) is 0 Å². The maximum Gasteiger partial charge on any atom is 0.224 e. The van der Waals surface area contributed by atoms with Crippen molar-refractivity contribution in [2.75, 3.05) is 11.9 Å². The lowest BCUT2D eigenvalue weighted by Crippen LogP contribution is -2.18. The van der Waals surface area contributed by atoms with Gasteiger partial charge in [0.2, 0.25) is 5.91 Å². The summed E-state index contributed by atoms with van der Waals surface area (Å²) in [6.07, 6.45) is 3.74. The Hall–Kier alpha value is -1.72. The highest BCUT2D eigenvalue weighted by Gasteiger charge is 2.21. The fraction of sp³-hybridized carbons (Fsp3) is 0.375. The smallest absolute Gasteiger partial charge is 0.224 e. The first kappa shape index (κ1) is 13.0. The topological polar surface area (TPSA) is 51.2 Å². The Labute approximate surface area is 127 Å². The number of carbonyl (C=O) groups excluding carboxylic acids is 1. The monoisotopic (exact) mass is 300 g/mol. The van der Waals surface area contributed by atoms with Crippen LogP contribution in [0.4, 0.5) is 5.69 Å². The lowest BCUT2D eigenvalue weighted by Gasteiger charge is -2.17. The molecule has 2 aliphatic heterocycles. The van der Waals surface area contributed by atoms with Gasteiger partial charge in [-0.1, -0.05) is 6.07 Å². The Morgan fingerprint density at radius 1 is 1.33 bits per heavy atom. The lowest BCUT2D eigenvalue weighted by atomic mass is 9.99. The van der Waals surface area contributed by atoms with Crippen molar-refractivity contribution in [3.8, 4) is 11.3 Å². The van der Waals surface area contributed by atoms with Gasteiger partial charge in [0.25, 0.3) is 0 Å². The highest BCUT2D eigenvalue weighted by molar-refractivity contribution is 7.10. The van der Waals surface area contributed by atoms with E-state index in [1.165, 1.54) is 5.56 Å². The molecule has 3 heterocycles. The average molecular weight is 300 g/mol. The Kier molecular flexibility index (Phi) is 3.24. The molecule has 0 aliphatic carbocycles. The minimum Gasteiger partial charge on any atom is -0.371 e. The van der Waals surface area contributed by atoms with Gasteiger partial charge in [0, 0.05) is 29.7 Å². The van der Waals surface area contributed by atoms with Crippen molar-refractivity contribution in [1.82, 2.24) is 4.98 Å². The number of aryl methyl sites for hydroxylation is 1. The number of amides is 1. The second kappa shape index (κ2) is 5.24. The highest BCUT2D eigenvalue weighted by atomic mass is 32.1. The largest absolute Gasteiger partial charge is 0.371 e. The number of ether oxygens (including phenoxy) is 1. The molecule has 1 N–H and O–H groups in total. The Morgan fingerprint density at radius 3 is 3.14 bits per heavy atom. The predicted molar refractivity (Wildman–Crippen MR) is 82.4 cm³/mol. The summed E-state index contributed by atoms with van der Waals surface area (Å²) in [7, 11) is 0. The number of aromatic nitrogens is 1. The molecule has 1 amide bonds. The number of benzene rings is 1. The number of nitrogens with one attached hydrogen (secondary N) is 1. The van der Waals surface area contributed by atoms with Crippen LogP contribution in [0.3, 0.4) is 0 Å². The van der Waals surface area contributed by atoms with Gasteiger partial charge in [0.15, 0.2) is 0 Å². The summed E-state index contributed by atoms with van der Waals surface area (Å²) >= 11 is 1.67. The Morgan fingerprint density at radius 2 is 2.29 bits per heavy atom. The highest BCUT2D eigenvalue weighted by Crippen LogP contribution is 2.34. The Bertz CT molecular complexity index is 689. The van der Waals surface area contributed by atoms with Crippen molar-refractivity contribution in [2.24, 2.45) is 0 Å². The van der Waals surface area contributed by atoms with Gasteiger partial charge in [-0.25, -0.2) is 4.98 Å². The normalized spacial score (nSPS) is 21.1. The third kappa shape index (κ3) is 2.47. The van der Waals surface area contributed by atoms with Crippen LogP contribution >= 0.6 is 11.3 Å². The van der Waals surface area contributed by atoms with Crippen molar-refractivity contribution in [1.29, 1.82) is 0 Å². The number of hydrogen-bond acceptors (Lipinski definition) is 4. The fourth-order valence-electron chi connectivity index (χ4n) is 2.88. The van der Waals surface area contributed by atoms with Crippen LogP contribution in [-0.4, -0.2) is 17.5 Å². The number of thiazole rings is 1. The van der Waals surface area contributed by atoms with Crippen LogP contribution in [0.2, 0.25) is 0 Å². The third-order valence-corrected chi connectivity index (χ3v) is 4.96. The van der Waals surface area contributed by atoms with Gasteiger partial charge in [0.05, 0.1) is 5.69 Å². The number of anilines is 1. The van der Waals surface area contributed by atoms with Crippen molar-refractivity contribution in [3.05, 3.63) is 34.2 Å². The SMILES string of the molecule is O=C1CCc2cc(-c3csc([C@@H]4CCCO4)n3)ccc2N1. The van der Waals surface area contributed by atoms with Crippen LogP contribution in [0, 0.1) is 0 Å². The van der Waals surface area contributed by atoms with Crippen molar-refractivity contribution >= 4 is 22.9 Å². The molecule has 21 heavy (non-hydrogen) atoms. The molecule has 1 aromatic heterocycles. The van der Waals surface area contributed by atoms with E-state index in [1.54, 1.807) is 11.3 Å². The molecule has 5 heteroatoms. The van der Waals surface area contributed by atoms with Gasteiger partial charge in [-0.05, 0) is 37.0 Å². The molecule has 0 unspecified atom stereocenters. The zero-order valence-corrected chi connectivity index (χ0v) is 12.4. The minimum atomic E-state index is 0.101. The van der Waals surface area contributed by atoms with Crippen LogP contribution in [-0.2, 0) is 16.0 Å². The molecular formula is C16H16N2O2S. The number of carbonyl (C=O) groups is 1. The van der Waals surface area contributed by atoms with Crippen molar-refractivity contribution in [2.45, 2.75) is 31.8 Å². The van der Waals surface area contributed by atoms with E-state index in [0.717, 1.165) is 47.8 Å². The summed E-state index contributed by atoms with van der Waals surface area (Å²) in [6, 6.07) is 6.15. The lowest BCUT2D eigenvalue weighted by molar-refractivity contribution is -0.116. The molecular weight excluding hydrogens is 284 g/mol. The molecule has 1 aromatic carbocycles. The number of rotatable bonds is 2. The summed E-state index contributed by atoms with van der Waals surface area (Å²) < 4.78 is 5.69. The fourth-order valence-corrected chi connectivity index (χ4v) is 3.79. The predicted octanol–water partition coefficient (Wildman–Crippen LogP) is 3.55.